The third-order valence-corrected chi connectivity index (χ3v) is 6.63. The van der Waals surface area contributed by atoms with Gasteiger partial charge in [0, 0.05) is 13.1 Å². The first-order chi connectivity index (χ1) is 16.0. The molecule has 0 fully saturated rings. The van der Waals surface area contributed by atoms with Crippen molar-refractivity contribution in [1.29, 1.82) is 0 Å². The molecule has 2 aromatic rings. The average Bonchev–Trinajstić information content (AvgIpc) is 2.65. The molecule has 2 rings (SSSR count). The fraction of sp³-hybridized carbons (Fsp3) is 0.581. The van der Waals surface area contributed by atoms with Crippen LogP contribution in [0.2, 0.25) is 0 Å². The smallest absolute Gasteiger partial charge is 0.315 e. The summed E-state index contributed by atoms with van der Waals surface area (Å²) in [5.41, 5.74) is 10.1. The molecule has 200 valence electrons. The van der Waals surface area contributed by atoms with Crippen LogP contribution in [0.25, 0.3) is 0 Å². The molecule has 0 saturated heterocycles. The second kappa shape index (κ2) is 9.64. The van der Waals surface area contributed by atoms with Gasteiger partial charge in [0.2, 0.25) is 0 Å². The summed E-state index contributed by atoms with van der Waals surface area (Å²) >= 11 is 0. The zero-order valence-corrected chi connectivity index (χ0v) is 24.6. The zero-order chi connectivity index (χ0) is 28.0. The monoisotopic (exact) mass is 496 g/mol. The van der Waals surface area contributed by atoms with E-state index >= 15 is 0 Å². The first-order valence-electron chi connectivity index (χ1n) is 12.8. The number of phenolic OH excluding ortho intramolecular Hbond substituents is 2. The van der Waals surface area contributed by atoms with Gasteiger partial charge in [-0.05, 0) is 79.3 Å². The maximum atomic E-state index is 12.6. The van der Waals surface area contributed by atoms with E-state index in [2.05, 4.69) is 83.1 Å². The fourth-order valence-corrected chi connectivity index (χ4v) is 4.51. The van der Waals surface area contributed by atoms with Crippen LogP contribution < -0.4 is 5.73 Å². The van der Waals surface area contributed by atoms with Gasteiger partial charge in [-0.25, -0.2) is 4.79 Å². The highest BCUT2D eigenvalue weighted by Crippen LogP contribution is 2.41. The van der Waals surface area contributed by atoms with Crippen molar-refractivity contribution in [1.82, 2.24) is 4.90 Å². The van der Waals surface area contributed by atoms with Crippen molar-refractivity contribution in [3.8, 4) is 11.5 Å². The minimum atomic E-state index is -0.514. The molecule has 0 aliphatic carbocycles. The van der Waals surface area contributed by atoms with Gasteiger partial charge in [0.25, 0.3) is 0 Å². The van der Waals surface area contributed by atoms with Gasteiger partial charge in [-0.3, -0.25) is 0 Å². The summed E-state index contributed by atoms with van der Waals surface area (Å²) < 4.78 is 0. The SMILES string of the molecule is CC(C)(C)c1cc(CN(Cc2cc(C(C)(C)C)c(O)c(C(C)(C)C)c2)C(N)=O)cc(C(C)(C)C)c1O. The Kier molecular flexibility index (Phi) is 7.91. The Morgan fingerprint density at radius 1 is 0.611 bits per heavy atom. The lowest BCUT2D eigenvalue weighted by Crippen LogP contribution is -2.35. The van der Waals surface area contributed by atoms with E-state index < -0.39 is 6.03 Å². The highest BCUT2D eigenvalue weighted by atomic mass is 16.3. The molecular weight excluding hydrogens is 448 g/mol. The van der Waals surface area contributed by atoms with Gasteiger partial charge in [0.1, 0.15) is 11.5 Å². The van der Waals surface area contributed by atoms with Crippen molar-refractivity contribution in [3.63, 3.8) is 0 Å². The number of primary amides is 1. The number of hydrogen-bond acceptors (Lipinski definition) is 3. The first kappa shape index (κ1) is 29.5. The van der Waals surface area contributed by atoms with Crippen LogP contribution in [-0.2, 0) is 34.7 Å². The van der Waals surface area contributed by atoms with Crippen LogP contribution in [0.15, 0.2) is 24.3 Å². The number of hydrogen-bond donors (Lipinski definition) is 3. The molecule has 0 atom stereocenters. The summed E-state index contributed by atoms with van der Waals surface area (Å²) in [4.78, 5) is 14.2. The van der Waals surface area contributed by atoms with Gasteiger partial charge < -0.3 is 20.8 Å². The van der Waals surface area contributed by atoms with Crippen LogP contribution >= 0.6 is 0 Å². The Balaban J connectivity index is 2.61. The molecule has 2 amide bonds. The minimum absolute atomic E-state index is 0.266. The lowest BCUT2D eigenvalue weighted by atomic mass is 9.78. The Labute approximate surface area is 218 Å². The molecular formula is C31H48N2O3. The van der Waals surface area contributed by atoms with Gasteiger partial charge in [-0.1, -0.05) is 83.1 Å². The molecule has 0 spiro atoms. The number of rotatable bonds is 4. The van der Waals surface area contributed by atoms with E-state index in [1.807, 2.05) is 24.3 Å². The Hall–Kier alpha value is -2.69. The van der Waals surface area contributed by atoms with Crippen LogP contribution in [-0.4, -0.2) is 21.1 Å². The van der Waals surface area contributed by atoms with E-state index in [4.69, 9.17) is 5.73 Å². The zero-order valence-electron chi connectivity index (χ0n) is 24.6. The van der Waals surface area contributed by atoms with Gasteiger partial charge in [0.05, 0.1) is 0 Å². The second-order valence-corrected chi connectivity index (χ2v) is 14.3. The number of nitrogens with zero attached hydrogens (tertiary/aromatic N) is 1. The summed E-state index contributed by atoms with van der Waals surface area (Å²) in [6.07, 6.45) is 0. The molecule has 0 bridgehead atoms. The third kappa shape index (κ3) is 6.74. The first-order valence-corrected chi connectivity index (χ1v) is 12.8. The standard InChI is InChI=1S/C31H48N2O3/c1-28(2,3)21-13-19(14-22(25(21)34)29(4,5)6)17-33(27(32)36)18-20-15-23(30(7,8)9)26(35)24(16-20)31(10,11)12/h13-16,34-35H,17-18H2,1-12H3,(H2,32,36). The number of aromatic hydroxyl groups is 2. The quantitative estimate of drug-likeness (QED) is 0.413. The molecule has 0 saturated carbocycles. The van der Waals surface area contributed by atoms with E-state index in [-0.39, 0.29) is 21.7 Å². The molecule has 0 aliphatic rings. The predicted octanol–water partition coefficient (Wildman–Crippen LogP) is 7.37. The Bertz CT molecular complexity index is 967. The third-order valence-electron chi connectivity index (χ3n) is 6.63. The van der Waals surface area contributed by atoms with Crippen molar-refractivity contribution in [2.45, 2.75) is 118 Å². The number of carbonyl (C=O) groups excluding carboxylic acids is 1. The van der Waals surface area contributed by atoms with Crippen LogP contribution in [0.1, 0.15) is 116 Å². The van der Waals surface area contributed by atoms with E-state index in [0.717, 1.165) is 33.4 Å². The number of nitrogens with two attached hydrogens (primary N) is 1. The van der Waals surface area contributed by atoms with Crippen LogP contribution in [0.4, 0.5) is 4.79 Å². The summed E-state index contributed by atoms with van der Waals surface area (Å²) in [5.74, 6) is 0.625. The van der Waals surface area contributed by atoms with Crippen molar-refractivity contribution in [2.24, 2.45) is 5.73 Å². The molecule has 0 aliphatic heterocycles. The molecule has 36 heavy (non-hydrogen) atoms. The number of benzene rings is 2. The summed E-state index contributed by atoms with van der Waals surface area (Å²) in [6.45, 7) is 25.5. The number of urea groups is 1. The highest BCUT2D eigenvalue weighted by molar-refractivity contribution is 5.72. The summed E-state index contributed by atoms with van der Waals surface area (Å²) in [7, 11) is 0. The van der Waals surface area contributed by atoms with Crippen molar-refractivity contribution < 1.29 is 15.0 Å². The molecule has 5 nitrogen and oxygen atoms in total. The summed E-state index contributed by atoms with van der Waals surface area (Å²) in [5, 5.41) is 22.1. The number of amides is 2. The predicted molar refractivity (Wildman–Crippen MR) is 150 cm³/mol. The number of carbonyl (C=O) groups is 1. The van der Waals surface area contributed by atoms with Gasteiger partial charge in [-0.15, -0.1) is 0 Å². The van der Waals surface area contributed by atoms with E-state index in [9.17, 15) is 15.0 Å². The van der Waals surface area contributed by atoms with Gasteiger partial charge >= 0.3 is 6.03 Å². The molecule has 2 aromatic carbocycles. The summed E-state index contributed by atoms with van der Waals surface area (Å²) in [6, 6.07) is 7.42. The maximum Gasteiger partial charge on any atom is 0.315 e. The highest BCUT2D eigenvalue weighted by Gasteiger charge is 2.29. The fourth-order valence-electron chi connectivity index (χ4n) is 4.51. The lowest BCUT2D eigenvalue weighted by molar-refractivity contribution is 0.202. The van der Waals surface area contributed by atoms with E-state index in [1.54, 1.807) is 4.90 Å². The number of phenols is 2. The average molecular weight is 497 g/mol. The molecule has 0 heterocycles. The normalized spacial score (nSPS) is 13.1. The van der Waals surface area contributed by atoms with Crippen LogP contribution in [0.3, 0.4) is 0 Å². The van der Waals surface area contributed by atoms with Crippen molar-refractivity contribution >= 4 is 6.03 Å². The van der Waals surface area contributed by atoms with Crippen molar-refractivity contribution in [3.05, 3.63) is 57.6 Å². The topological polar surface area (TPSA) is 86.8 Å². The van der Waals surface area contributed by atoms with Crippen LogP contribution in [0, 0.1) is 0 Å². The Morgan fingerprint density at radius 2 is 0.833 bits per heavy atom. The lowest BCUT2D eigenvalue weighted by Gasteiger charge is -2.30. The van der Waals surface area contributed by atoms with Gasteiger partial charge in [0.15, 0.2) is 0 Å². The molecule has 0 radical (unpaired) electrons. The largest absolute Gasteiger partial charge is 0.507 e. The Morgan fingerprint density at radius 3 is 1.00 bits per heavy atom. The van der Waals surface area contributed by atoms with Crippen LogP contribution in [0.5, 0.6) is 11.5 Å². The molecule has 4 N–H and O–H groups in total. The van der Waals surface area contributed by atoms with E-state index in [0.29, 0.717) is 24.6 Å². The minimum Gasteiger partial charge on any atom is -0.507 e. The maximum absolute atomic E-state index is 12.6. The van der Waals surface area contributed by atoms with Crippen molar-refractivity contribution in [2.75, 3.05) is 0 Å². The second-order valence-electron chi connectivity index (χ2n) is 14.3. The van der Waals surface area contributed by atoms with Gasteiger partial charge in [-0.2, -0.15) is 0 Å². The molecule has 0 aromatic heterocycles. The molecule has 0 unspecified atom stereocenters. The van der Waals surface area contributed by atoms with E-state index in [1.165, 1.54) is 0 Å². The molecule has 5 heteroatoms.